The molecule has 0 aliphatic carbocycles. The second kappa shape index (κ2) is 6.90. The van der Waals surface area contributed by atoms with E-state index in [1.54, 1.807) is 0 Å². The summed E-state index contributed by atoms with van der Waals surface area (Å²) < 4.78 is 0. The molecular weight excluding hydrogens is 242 g/mol. The van der Waals surface area contributed by atoms with Crippen molar-refractivity contribution in [1.29, 1.82) is 0 Å². The van der Waals surface area contributed by atoms with Gasteiger partial charge in [-0.25, -0.2) is 0 Å². The fraction of sp³-hybridized carbons (Fsp3) is 0.474. The van der Waals surface area contributed by atoms with Gasteiger partial charge in [0.15, 0.2) is 0 Å². The van der Waals surface area contributed by atoms with Crippen molar-refractivity contribution in [3.8, 4) is 0 Å². The zero-order valence-corrected chi connectivity index (χ0v) is 13.3. The maximum atomic E-state index is 2.63. The molecule has 0 saturated heterocycles. The van der Waals surface area contributed by atoms with Crippen LogP contribution >= 0.6 is 0 Å². The fourth-order valence-corrected chi connectivity index (χ4v) is 3.04. The van der Waals surface area contributed by atoms with E-state index in [1.807, 2.05) is 0 Å². The SMILES string of the molecule is CC(C)=CCN1C(C)CC(C)=CC1Cc1ccccc1. The van der Waals surface area contributed by atoms with Crippen molar-refractivity contribution in [3.63, 3.8) is 0 Å². The molecule has 2 unspecified atom stereocenters. The molecule has 1 aromatic rings. The number of benzene rings is 1. The van der Waals surface area contributed by atoms with Crippen LogP contribution in [-0.2, 0) is 6.42 Å². The third kappa shape index (κ3) is 4.08. The van der Waals surface area contributed by atoms with E-state index >= 15 is 0 Å². The monoisotopic (exact) mass is 269 g/mol. The van der Waals surface area contributed by atoms with E-state index in [-0.39, 0.29) is 0 Å². The molecule has 108 valence electrons. The first-order valence-electron chi connectivity index (χ1n) is 7.66. The Morgan fingerprint density at radius 3 is 2.60 bits per heavy atom. The molecule has 1 heterocycles. The molecule has 1 aromatic carbocycles. The van der Waals surface area contributed by atoms with Gasteiger partial charge in [0, 0.05) is 18.6 Å². The molecule has 0 radical (unpaired) electrons. The number of rotatable bonds is 4. The van der Waals surface area contributed by atoms with Crippen molar-refractivity contribution in [2.24, 2.45) is 0 Å². The summed E-state index contributed by atoms with van der Waals surface area (Å²) in [5.74, 6) is 0. The Labute approximate surface area is 124 Å². The molecule has 2 atom stereocenters. The zero-order chi connectivity index (χ0) is 14.5. The van der Waals surface area contributed by atoms with E-state index < -0.39 is 0 Å². The van der Waals surface area contributed by atoms with E-state index in [0.29, 0.717) is 12.1 Å². The Bertz CT molecular complexity index is 480. The molecular formula is C19H27N. The Hall–Kier alpha value is -1.34. The smallest absolute Gasteiger partial charge is 0.0327 e. The lowest BCUT2D eigenvalue weighted by Crippen LogP contribution is -2.45. The van der Waals surface area contributed by atoms with Gasteiger partial charge in [-0.2, -0.15) is 0 Å². The second-order valence-corrected chi connectivity index (χ2v) is 6.30. The van der Waals surface area contributed by atoms with Gasteiger partial charge in [0.25, 0.3) is 0 Å². The Balaban J connectivity index is 2.16. The maximum absolute atomic E-state index is 2.63. The summed E-state index contributed by atoms with van der Waals surface area (Å²) >= 11 is 0. The average Bonchev–Trinajstić information content (AvgIpc) is 2.38. The first-order valence-corrected chi connectivity index (χ1v) is 7.66. The van der Waals surface area contributed by atoms with Crippen LogP contribution in [0, 0.1) is 0 Å². The molecule has 0 N–H and O–H groups in total. The summed E-state index contributed by atoms with van der Waals surface area (Å²) in [6.07, 6.45) is 7.12. The van der Waals surface area contributed by atoms with Gasteiger partial charge in [-0.3, -0.25) is 4.90 Å². The maximum Gasteiger partial charge on any atom is 0.0327 e. The molecule has 0 amide bonds. The van der Waals surface area contributed by atoms with E-state index in [0.717, 1.165) is 13.0 Å². The summed E-state index contributed by atoms with van der Waals surface area (Å²) in [6.45, 7) is 10.1. The lowest BCUT2D eigenvalue weighted by atomic mass is 9.93. The largest absolute Gasteiger partial charge is 0.290 e. The molecule has 1 heteroatoms. The van der Waals surface area contributed by atoms with Crippen LogP contribution in [0.15, 0.2) is 53.6 Å². The minimum absolute atomic E-state index is 0.525. The number of nitrogens with zero attached hydrogens (tertiary/aromatic N) is 1. The van der Waals surface area contributed by atoms with Gasteiger partial charge in [0.05, 0.1) is 0 Å². The highest BCUT2D eigenvalue weighted by atomic mass is 15.2. The van der Waals surface area contributed by atoms with Gasteiger partial charge >= 0.3 is 0 Å². The summed E-state index contributed by atoms with van der Waals surface area (Å²) in [5, 5.41) is 0. The third-order valence-electron chi connectivity index (χ3n) is 4.08. The van der Waals surface area contributed by atoms with Crippen LogP contribution < -0.4 is 0 Å². The highest BCUT2D eigenvalue weighted by Crippen LogP contribution is 2.24. The highest BCUT2D eigenvalue weighted by molar-refractivity contribution is 5.21. The zero-order valence-electron chi connectivity index (χ0n) is 13.3. The number of hydrogen-bond acceptors (Lipinski definition) is 1. The molecule has 0 fully saturated rings. The van der Waals surface area contributed by atoms with Crippen LogP contribution in [0.25, 0.3) is 0 Å². The first-order chi connectivity index (χ1) is 9.56. The number of allylic oxidation sites excluding steroid dienone is 1. The molecule has 1 aliphatic rings. The van der Waals surface area contributed by atoms with E-state index in [2.05, 4.69) is 75.1 Å². The number of hydrogen-bond donors (Lipinski definition) is 0. The average molecular weight is 269 g/mol. The molecule has 2 rings (SSSR count). The van der Waals surface area contributed by atoms with Crippen LogP contribution in [0.1, 0.15) is 39.7 Å². The molecule has 0 spiro atoms. The third-order valence-corrected chi connectivity index (χ3v) is 4.08. The van der Waals surface area contributed by atoms with Crippen LogP contribution in [-0.4, -0.2) is 23.5 Å². The first kappa shape index (κ1) is 15.1. The van der Waals surface area contributed by atoms with Gasteiger partial charge < -0.3 is 0 Å². The highest BCUT2D eigenvalue weighted by Gasteiger charge is 2.25. The van der Waals surface area contributed by atoms with E-state index in [1.165, 1.54) is 23.1 Å². The van der Waals surface area contributed by atoms with Gasteiger partial charge in [-0.15, -0.1) is 0 Å². The minimum atomic E-state index is 0.525. The van der Waals surface area contributed by atoms with Gasteiger partial charge in [0.1, 0.15) is 0 Å². The molecule has 1 aliphatic heterocycles. The Morgan fingerprint density at radius 1 is 1.25 bits per heavy atom. The second-order valence-electron chi connectivity index (χ2n) is 6.30. The van der Waals surface area contributed by atoms with Crippen molar-refractivity contribution in [1.82, 2.24) is 4.90 Å². The van der Waals surface area contributed by atoms with Gasteiger partial charge in [0.2, 0.25) is 0 Å². The minimum Gasteiger partial charge on any atom is -0.290 e. The van der Waals surface area contributed by atoms with E-state index in [4.69, 9.17) is 0 Å². The summed E-state index contributed by atoms with van der Waals surface area (Å²) in [6, 6.07) is 12.0. The normalized spacial score (nSPS) is 23.3. The van der Waals surface area contributed by atoms with Crippen molar-refractivity contribution in [2.75, 3.05) is 6.54 Å². The predicted octanol–water partition coefficient (Wildman–Crippen LogP) is 4.60. The quantitative estimate of drug-likeness (QED) is 0.722. The Kier molecular flexibility index (Phi) is 5.19. The Morgan fingerprint density at radius 2 is 1.95 bits per heavy atom. The van der Waals surface area contributed by atoms with Gasteiger partial charge in [-0.1, -0.05) is 53.6 Å². The van der Waals surface area contributed by atoms with Crippen LogP contribution in [0.2, 0.25) is 0 Å². The van der Waals surface area contributed by atoms with Crippen LogP contribution in [0.5, 0.6) is 0 Å². The fourth-order valence-electron chi connectivity index (χ4n) is 3.04. The molecule has 0 aromatic heterocycles. The topological polar surface area (TPSA) is 3.24 Å². The van der Waals surface area contributed by atoms with Gasteiger partial charge in [-0.05, 0) is 46.1 Å². The summed E-state index contributed by atoms with van der Waals surface area (Å²) in [5.41, 5.74) is 4.37. The molecule has 1 nitrogen and oxygen atoms in total. The summed E-state index contributed by atoms with van der Waals surface area (Å²) in [4.78, 5) is 2.63. The van der Waals surface area contributed by atoms with Crippen molar-refractivity contribution in [3.05, 3.63) is 59.2 Å². The summed E-state index contributed by atoms with van der Waals surface area (Å²) in [7, 11) is 0. The van der Waals surface area contributed by atoms with Crippen molar-refractivity contribution >= 4 is 0 Å². The van der Waals surface area contributed by atoms with Crippen molar-refractivity contribution in [2.45, 2.75) is 52.6 Å². The van der Waals surface area contributed by atoms with E-state index in [9.17, 15) is 0 Å². The lowest BCUT2D eigenvalue weighted by Gasteiger charge is -2.39. The molecule has 20 heavy (non-hydrogen) atoms. The molecule has 0 bridgehead atoms. The predicted molar refractivity (Wildman–Crippen MR) is 87.9 cm³/mol. The van der Waals surface area contributed by atoms with Crippen LogP contribution in [0.4, 0.5) is 0 Å². The lowest BCUT2D eigenvalue weighted by molar-refractivity contribution is 0.175. The van der Waals surface area contributed by atoms with Crippen LogP contribution in [0.3, 0.4) is 0 Å². The van der Waals surface area contributed by atoms with Crippen molar-refractivity contribution < 1.29 is 0 Å². The standard InChI is InChI=1S/C19H27N/c1-15(2)10-11-20-17(4)12-16(3)13-19(20)14-18-8-6-5-7-9-18/h5-10,13,17,19H,11-12,14H2,1-4H3. The molecule has 0 saturated carbocycles.